The number of unbranched alkanes of at least 4 members (excludes halogenated alkanes) is 13. The SMILES string of the molecule is CCCCCCCCCCCCCCCC[C@@H]1CO1. The largest absolute Gasteiger partial charge is 0.373 e. The molecule has 0 spiro atoms. The molecule has 114 valence electrons. The molecule has 0 saturated carbocycles. The zero-order valence-corrected chi connectivity index (χ0v) is 13.3. The molecular weight excluding hydrogens is 232 g/mol. The maximum Gasteiger partial charge on any atom is 0.0810 e. The van der Waals surface area contributed by atoms with Crippen molar-refractivity contribution >= 4 is 0 Å². The minimum atomic E-state index is 0.650. The summed E-state index contributed by atoms with van der Waals surface area (Å²) in [5.74, 6) is 0. The quantitative estimate of drug-likeness (QED) is 0.252. The van der Waals surface area contributed by atoms with Crippen LogP contribution in [-0.2, 0) is 4.74 Å². The van der Waals surface area contributed by atoms with Gasteiger partial charge in [-0.3, -0.25) is 0 Å². The normalized spacial score (nSPS) is 17.8. The van der Waals surface area contributed by atoms with Gasteiger partial charge in [-0.05, 0) is 6.42 Å². The molecule has 0 aliphatic carbocycles. The Morgan fingerprint density at radius 1 is 0.632 bits per heavy atom. The van der Waals surface area contributed by atoms with Crippen molar-refractivity contribution in [3.63, 3.8) is 0 Å². The van der Waals surface area contributed by atoms with Crippen LogP contribution in [0.3, 0.4) is 0 Å². The Hall–Kier alpha value is -0.0400. The Balaban J connectivity index is 1.60. The minimum Gasteiger partial charge on any atom is -0.373 e. The lowest BCUT2D eigenvalue weighted by Crippen LogP contribution is -1.86. The van der Waals surface area contributed by atoms with Crippen LogP contribution in [0.5, 0.6) is 0 Å². The van der Waals surface area contributed by atoms with Gasteiger partial charge in [-0.25, -0.2) is 0 Å². The van der Waals surface area contributed by atoms with Gasteiger partial charge in [0.2, 0.25) is 0 Å². The summed E-state index contributed by atoms with van der Waals surface area (Å²) in [6.45, 7) is 3.33. The lowest BCUT2D eigenvalue weighted by atomic mass is 10.0. The monoisotopic (exact) mass is 268 g/mol. The second kappa shape index (κ2) is 13.0. The zero-order chi connectivity index (χ0) is 13.6. The molecule has 1 aliphatic rings. The van der Waals surface area contributed by atoms with Gasteiger partial charge >= 0.3 is 0 Å². The fraction of sp³-hybridized carbons (Fsp3) is 1.00. The van der Waals surface area contributed by atoms with E-state index in [2.05, 4.69) is 6.92 Å². The first-order chi connectivity index (χ1) is 9.43. The molecule has 0 aromatic heterocycles. The summed E-state index contributed by atoms with van der Waals surface area (Å²) in [6, 6.07) is 0. The van der Waals surface area contributed by atoms with Gasteiger partial charge in [0.05, 0.1) is 12.7 Å². The first kappa shape index (κ1) is 17.0. The van der Waals surface area contributed by atoms with E-state index in [-0.39, 0.29) is 0 Å². The van der Waals surface area contributed by atoms with Gasteiger partial charge in [0, 0.05) is 0 Å². The minimum absolute atomic E-state index is 0.650. The number of ether oxygens (including phenoxy) is 1. The Bertz CT molecular complexity index is 175. The second-order valence-corrected chi connectivity index (χ2v) is 6.34. The molecule has 1 heteroatoms. The van der Waals surface area contributed by atoms with Crippen LogP contribution in [0.25, 0.3) is 0 Å². The third-order valence-corrected chi connectivity index (χ3v) is 4.28. The molecular formula is C18H36O. The molecule has 1 atom stereocenters. The maximum atomic E-state index is 5.22. The van der Waals surface area contributed by atoms with Crippen LogP contribution in [0.2, 0.25) is 0 Å². The second-order valence-electron chi connectivity index (χ2n) is 6.34. The molecule has 0 aromatic carbocycles. The van der Waals surface area contributed by atoms with E-state index in [0.717, 1.165) is 6.61 Å². The summed E-state index contributed by atoms with van der Waals surface area (Å²) < 4.78 is 5.22. The molecule has 19 heavy (non-hydrogen) atoms. The Morgan fingerprint density at radius 3 is 1.37 bits per heavy atom. The van der Waals surface area contributed by atoms with Crippen LogP contribution in [-0.4, -0.2) is 12.7 Å². The zero-order valence-electron chi connectivity index (χ0n) is 13.3. The fourth-order valence-electron chi connectivity index (χ4n) is 2.80. The summed E-state index contributed by atoms with van der Waals surface area (Å²) in [5, 5.41) is 0. The number of rotatable bonds is 15. The van der Waals surface area contributed by atoms with Gasteiger partial charge < -0.3 is 4.74 Å². The molecule has 1 aliphatic heterocycles. The Morgan fingerprint density at radius 2 is 1.00 bits per heavy atom. The third kappa shape index (κ3) is 12.7. The standard InChI is InChI=1S/C18H36O/c1-2-3-4-5-6-7-8-9-10-11-12-13-14-15-16-18-17-19-18/h18H,2-17H2,1H3/t18-/m1/s1. The first-order valence-corrected chi connectivity index (χ1v) is 9.05. The van der Waals surface area contributed by atoms with Crippen LogP contribution in [0, 0.1) is 0 Å². The average Bonchev–Trinajstić information content (AvgIpc) is 3.23. The van der Waals surface area contributed by atoms with Gasteiger partial charge in [0.1, 0.15) is 0 Å². The van der Waals surface area contributed by atoms with Crippen LogP contribution >= 0.6 is 0 Å². The summed E-state index contributed by atoms with van der Waals surface area (Å²) in [6.07, 6.45) is 22.3. The van der Waals surface area contributed by atoms with Crippen molar-refractivity contribution in [2.45, 2.75) is 109 Å². The Labute approximate surface area is 121 Å². The average molecular weight is 268 g/mol. The van der Waals surface area contributed by atoms with Crippen molar-refractivity contribution in [1.29, 1.82) is 0 Å². The van der Waals surface area contributed by atoms with E-state index in [4.69, 9.17) is 4.74 Å². The summed E-state index contributed by atoms with van der Waals surface area (Å²) in [4.78, 5) is 0. The Kier molecular flexibility index (Phi) is 11.6. The highest BCUT2D eigenvalue weighted by molar-refractivity contribution is 4.68. The summed E-state index contributed by atoms with van der Waals surface area (Å²) in [5.41, 5.74) is 0. The van der Waals surface area contributed by atoms with Gasteiger partial charge in [-0.1, -0.05) is 96.8 Å². The number of hydrogen-bond donors (Lipinski definition) is 0. The number of hydrogen-bond acceptors (Lipinski definition) is 1. The highest BCUT2D eigenvalue weighted by Crippen LogP contribution is 2.18. The molecule has 1 fully saturated rings. The van der Waals surface area contributed by atoms with E-state index in [1.807, 2.05) is 0 Å². The predicted molar refractivity (Wildman–Crippen MR) is 84.7 cm³/mol. The first-order valence-electron chi connectivity index (χ1n) is 9.05. The molecule has 0 unspecified atom stereocenters. The van der Waals surface area contributed by atoms with Crippen molar-refractivity contribution in [2.24, 2.45) is 0 Å². The summed E-state index contributed by atoms with van der Waals surface area (Å²) >= 11 is 0. The molecule has 1 nitrogen and oxygen atoms in total. The smallest absolute Gasteiger partial charge is 0.0810 e. The lowest BCUT2D eigenvalue weighted by molar-refractivity contribution is 0.387. The van der Waals surface area contributed by atoms with Gasteiger partial charge in [-0.15, -0.1) is 0 Å². The van der Waals surface area contributed by atoms with Crippen LogP contribution in [0.15, 0.2) is 0 Å². The van der Waals surface area contributed by atoms with E-state index >= 15 is 0 Å². The fourth-order valence-corrected chi connectivity index (χ4v) is 2.80. The molecule has 0 amide bonds. The van der Waals surface area contributed by atoms with E-state index in [9.17, 15) is 0 Å². The predicted octanol–water partition coefficient (Wildman–Crippen LogP) is 6.26. The van der Waals surface area contributed by atoms with E-state index in [0.29, 0.717) is 6.10 Å². The van der Waals surface area contributed by atoms with Crippen LogP contribution in [0.1, 0.15) is 103 Å². The van der Waals surface area contributed by atoms with Crippen molar-refractivity contribution < 1.29 is 4.74 Å². The van der Waals surface area contributed by atoms with Crippen molar-refractivity contribution in [2.75, 3.05) is 6.61 Å². The molecule has 0 radical (unpaired) electrons. The molecule has 0 bridgehead atoms. The van der Waals surface area contributed by atoms with Gasteiger partial charge in [0.25, 0.3) is 0 Å². The van der Waals surface area contributed by atoms with E-state index < -0.39 is 0 Å². The molecule has 1 rings (SSSR count). The van der Waals surface area contributed by atoms with Crippen molar-refractivity contribution in [1.82, 2.24) is 0 Å². The number of epoxide rings is 1. The van der Waals surface area contributed by atoms with Crippen molar-refractivity contribution in [3.8, 4) is 0 Å². The summed E-state index contributed by atoms with van der Waals surface area (Å²) in [7, 11) is 0. The van der Waals surface area contributed by atoms with Gasteiger partial charge in [0.15, 0.2) is 0 Å². The van der Waals surface area contributed by atoms with Crippen LogP contribution in [0.4, 0.5) is 0 Å². The van der Waals surface area contributed by atoms with Crippen LogP contribution < -0.4 is 0 Å². The third-order valence-electron chi connectivity index (χ3n) is 4.28. The topological polar surface area (TPSA) is 12.5 Å². The van der Waals surface area contributed by atoms with Crippen molar-refractivity contribution in [3.05, 3.63) is 0 Å². The van der Waals surface area contributed by atoms with E-state index in [1.165, 1.54) is 96.3 Å². The van der Waals surface area contributed by atoms with E-state index in [1.54, 1.807) is 0 Å². The maximum absolute atomic E-state index is 5.22. The molecule has 0 N–H and O–H groups in total. The lowest BCUT2D eigenvalue weighted by Gasteiger charge is -2.03. The highest BCUT2D eigenvalue weighted by Gasteiger charge is 2.20. The highest BCUT2D eigenvalue weighted by atomic mass is 16.6. The molecule has 0 aromatic rings. The van der Waals surface area contributed by atoms with Gasteiger partial charge in [-0.2, -0.15) is 0 Å². The molecule has 1 saturated heterocycles. The molecule has 1 heterocycles.